The smallest absolute Gasteiger partial charge is 0.292 e. The Bertz CT molecular complexity index is 1410. The fourth-order valence-electron chi connectivity index (χ4n) is 4.14. The molecule has 0 bridgehead atoms. The average Bonchev–Trinajstić information content (AvgIpc) is 3.28. The molecule has 3 aromatic heterocycles. The molecule has 4 heterocycles. The molecule has 8 nitrogen and oxygen atoms in total. The lowest BCUT2D eigenvalue weighted by molar-refractivity contribution is 0.0994. The second-order valence-electron chi connectivity index (χ2n) is 7.71. The molecule has 1 fully saturated rings. The molecular weight excluding hydrogens is 420 g/mol. The van der Waals surface area contributed by atoms with Crippen molar-refractivity contribution in [3.63, 3.8) is 0 Å². The van der Waals surface area contributed by atoms with Gasteiger partial charge in [-0.3, -0.25) is 14.5 Å². The van der Waals surface area contributed by atoms with E-state index in [9.17, 15) is 14.0 Å². The molecule has 3 N–H and O–H groups in total. The summed E-state index contributed by atoms with van der Waals surface area (Å²) >= 11 is 0. The van der Waals surface area contributed by atoms with E-state index in [1.54, 1.807) is 18.2 Å². The number of hydrogen-bond acceptors (Lipinski definition) is 6. The quantitative estimate of drug-likeness (QED) is 0.473. The Morgan fingerprint density at radius 3 is 2.59 bits per heavy atom. The van der Waals surface area contributed by atoms with Crippen molar-refractivity contribution in [3.8, 4) is 0 Å². The number of aromatic nitrogens is 2. The highest BCUT2D eigenvalue weighted by atomic mass is 19.1. The van der Waals surface area contributed by atoms with E-state index in [1.165, 1.54) is 18.4 Å². The van der Waals surface area contributed by atoms with Crippen LogP contribution >= 0.6 is 0 Å². The molecule has 0 unspecified atom stereocenters. The number of H-pyrrole nitrogens is 1. The van der Waals surface area contributed by atoms with Crippen molar-refractivity contribution in [1.29, 1.82) is 0 Å². The number of furan rings is 1. The number of amides is 1. The summed E-state index contributed by atoms with van der Waals surface area (Å²) < 4.78 is 34.7. The highest BCUT2D eigenvalue weighted by Crippen LogP contribution is 2.27. The van der Waals surface area contributed by atoms with Crippen LogP contribution in [0.1, 0.15) is 16.1 Å². The minimum absolute atomic E-state index is 0.123. The Hall–Kier alpha value is -3.79. The SMILES string of the molecule is NC(=O)c1ccc(N2CCN(Cc3ccc4c([nH]c(=O)c5occc54)c3F)CC2)c(F)n1. The zero-order valence-electron chi connectivity index (χ0n) is 16.9. The molecule has 0 saturated carbocycles. The highest BCUT2D eigenvalue weighted by Gasteiger charge is 2.22. The predicted molar refractivity (Wildman–Crippen MR) is 115 cm³/mol. The molecule has 1 aromatic carbocycles. The summed E-state index contributed by atoms with van der Waals surface area (Å²) in [6.45, 7) is 2.52. The molecule has 1 saturated heterocycles. The lowest BCUT2D eigenvalue weighted by atomic mass is 10.1. The van der Waals surface area contributed by atoms with Crippen LogP contribution in [0.5, 0.6) is 0 Å². The summed E-state index contributed by atoms with van der Waals surface area (Å²) in [5, 5.41) is 1.16. The molecule has 1 aliphatic rings. The normalized spacial score (nSPS) is 15.0. The van der Waals surface area contributed by atoms with E-state index in [0.717, 1.165) is 0 Å². The first-order valence-electron chi connectivity index (χ1n) is 10.1. The summed E-state index contributed by atoms with van der Waals surface area (Å²) in [5.74, 6) is -2.00. The van der Waals surface area contributed by atoms with Crippen LogP contribution in [-0.4, -0.2) is 47.0 Å². The number of benzene rings is 1. The molecule has 1 amide bonds. The lowest BCUT2D eigenvalue weighted by Gasteiger charge is -2.36. The number of nitrogens with one attached hydrogen (secondary N) is 1. The predicted octanol–water partition coefficient (Wildman–Crippen LogP) is 2.37. The van der Waals surface area contributed by atoms with Crippen molar-refractivity contribution < 1.29 is 18.0 Å². The maximum atomic E-state index is 15.2. The number of nitrogens with two attached hydrogens (primary N) is 1. The number of anilines is 1. The second-order valence-corrected chi connectivity index (χ2v) is 7.71. The number of piperazine rings is 1. The Morgan fingerprint density at radius 2 is 1.88 bits per heavy atom. The monoisotopic (exact) mass is 439 g/mol. The molecule has 0 radical (unpaired) electrons. The van der Waals surface area contributed by atoms with Gasteiger partial charge < -0.3 is 20.0 Å². The van der Waals surface area contributed by atoms with Crippen LogP contribution in [0.4, 0.5) is 14.5 Å². The van der Waals surface area contributed by atoms with Crippen molar-refractivity contribution >= 4 is 33.5 Å². The summed E-state index contributed by atoms with van der Waals surface area (Å²) in [4.78, 5) is 33.4. The van der Waals surface area contributed by atoms with Gasteiger partial charge in [0, 0.05) is 49.1 Å². The van der Waals surface area contributed by atoms with Crippen molar-refractivity contribution in [2.24, 2.45) is 5.73 Å². The van der Waals surface area contributed by atoms with Crippen LogP contribution in [0.25, 0.3) is 21.9 Å². The third kappa shape index (κ3) is 3.38. The summed E-state index contributed by atoms with van der Waals surface area (Å²) in [5.41, 5.74) is 5.63. The third-order valence-electron chi connectivity index (χ3n) is 5.81. The molecule has 4 aromatic rings. The minimum atomic E-state index is -0.785. The summed E-state index contributed by atoms with van der Waals surface area (Å²) in [6, 6.07) is 8.03. The first-order valence-corrected chi connectivity index (χ1v) is 10.1. The van der Waals surface area contributed by atoms with Crippen LogP contribution in [-0.2, 0) is 6.54 Å². The molecule has 164 valence electrons. The molecule has 10 heteroatoms. The van der Waals surface area contributed by atoms with E-state index in [2.05, 4.69) is 14.9 Å². The van der Waals surface area contributed by atoms with Gasteiger partial charge in [-0.15, -0.1) is 0 Å². The summed E-state index contributed by atoms with van der Waals surface area (Å²) in [7, 11) is 0. The average molecular weight is 439 g/mol. The zero-order chi connectivity index (χ0) is 22.4. The lowest BCUT2D eigenvalue weighted by Crippen LogP contribution is -2.46. The minimum Gasteiger partial charge on any atom is -0.459 e. The molecule has 5 rings (SSSR count). The van der Waals surface area contributed by atoms with Crippen molar-refractivity contribution in [3.05, 3.63) is 70.0 Å². The Balaban J connectivity index is 1.33. The van der Waals surface area contributed by atoms with Crippen molar-refractivity contribution in [1.82, 2.24) is 14.9 Å². The maximum absolute atomic E-state index is 15.2. The first kappa shape index (κ1) is 20.1. The van der Waals surface area contributed by atoms with Gasteiger partial charge in [0.1, 0.15) is 5.69 Å². The van der Waals surface area contributed by atoms with Gasteiger partial charge in [-0.25, -0.2) is 9.37 Å². The third-order valence-corrected chi connectivity index (χ3v) is 5.81. The van der Waals surface area contributed by atoms with Gasteiger partial charge in [0.25, 0.3) is 11.5 Å². The molecule has 1 aliphatic heterocycles. The van der Waals surface area contributed by atoms with Crippen LogP contribution in [0.15, 0.2) is 45.8 Å². The van der Waals surface area contributed by atoms with Crippen molar-refractivity contribution in [2.45, 2.75) is 6.54 Å². The molecule has 32 heavy (non-hydrogen) atoms. The summed E-state index contributed by atoms with van der Waals surface area (Å²) in [6.07, 6.45) is 1.41. The fraction of sp³-hybridized carbons (Fsp3) is 0.227. The van der Waals surface area contributed by atoms with Gasteiger partial charge >= 0.3 is 0 Å². The molecule has 0 atom stereocenters. The zero-order valence-corrected chi connectivity index (χ0v) is 16.9. The number of primary amides is 1. The molecular formula is C22H19F2N5O3. The van der Waals surface area contributed by atoms with Crippen LogP contribution in [0, 0.1) is 11.8 Å². The van der Waals surface area contributed by atoms with Gasteiger partial charge in [-0.2, -0.15) is 4.39 Å². The number of carbonyl (C=O) groups excluding carboxylic acids is 1. The molecule has 0 spiro atoms. The Labute approximate surface area is 180 Å². The van der Waals surface area contributed by atoms with Crippen LogP contribution < -0.4 is 16.2 Å². The van der Waals surface area contributed by atoms with E-state index in [1.807, 2.05) is 4.90 Å². The largest absolute Gasteiger partial charge is 0.459 e. The Kier molecular flexibility index (Phi) is 4.86. The second kappa shape index (κ2) is 7.72. The van der Waals surface area contributed by atoms with Gasteiger partial charge in [-0.1, -0.05) is 12.1 Å². The highest BCUT2D eigenvalue weighted by molar-refractivity contribution is 6.03. The van der Waals surface area contributed by atoms with E-state index in [4.69, 9.17) is 10.2 Å². The van der Waals surface area contributed by atoms with Crippen molar-refractivity contribution in [2.75, 3.05) is 31.1 Å². The van der Waals surface area contributed by atoms with E-state index < -0.39 is 23.2 Å². The van der Waals surface area contributed by atoms with E-state index in [-0.39, 0.29) is 16.8 Å². The van der Waals surface area contributed by atoms with Crippen LogP contribution in [0.3, 0.4) is 0 Å². The van der Waals surface area contributed by atoms with Gasteiger partial charge in [0.05, 0.1) is 17.5 Å². The number of fused-ring (bicyclic) bond motifs is 3. The number of halogens is 2. The van der Waals surface area contributed by atoms with Gasteiger partial charge in [0.15, 0.2) is 11.4 Å². The van der Waals surface area contributed by atoms with E-state index >= 15 is 4.39 Å². The number of nitrogens with zero attached hydrogens (tertiary/aromatic N) is 3. The van der Waals surface area contributed by atoms with E-state index in [0.29, 0.717) is 54.7 Å². The van der Waals surface area contributed by atoms with Gasteiger partial charge in [-0.05, 0) is 18.2 Å². The van der Waals surface area contributed by atoms with Gasteiger partial charge in [0.2, 0.25) is 5.95 Å². The fourth-order valence-corrected chi connectivity index (χ4v) is 4.14. The number of rotatable bonds is 4. The Morgan fingerprint density at radius 1 is 1.09 bits per heavy atom. The number of carbonyl (C=O) groups is 1. The molecule has 0 aliphatic carbocycles. The maximum Gasteiger partial charge on any atom is 0.292 e. The topological polar surface area (TPSA) is 108 Å². The van der Waals surface area contributed by atoms with Crippen LogP contribution in [0.2, 0.25) is 0 Å². The standard InChI is InChI=1S/C22H19F2N5O3/c23-17-12(1-2-13-14-5-10-32-19(14)22(31)27-18(13)17)11-28-6-8-29(9-7-28)16-4-3-15(21(25)30)26-20(16)24/h1-5,10H,6-9,11H2,(H2,25,30)(H,27,31). The number of hydrogen-bond donors (Lipinski definition) is 2. The first-order chi connectivity index (χ1) is 15.4. The number of pyridine rings is 2. The number of aromatic amines is 1.